The van der Waals surface area contributed by atoms with Crippen LogP contribution < -0.4 is 4.74 Å². The molecule has 2 heterocycles. The highest BCUT2D eigenvalue weighted by Crippen LogP contribution is 2.42. The zero-order valence-electron chi connectivity index (χ0n) is 13.1. The van der Waals surface area contributed by atoms with Crippen LogP contribution in [0, 0.1) is 17.2 Å². The van der Waals surface area contributed by atoms with Crippen LogP contribution in [0.25, 0.3) is 0 Å². The van der Waals surface area contributed by atoms with Crippen LogP contribution in [0.2, 0.25) is 0 Å². The fraction of sp³-hybridized carbons (Fsp3) is 0.316. The van der Waals surface area contributed by atoms with Crippen molar-refractivity contribution in [3.63, 3.8) is 0 Å². The molecule has 1 fully saturated rings. The van der Waals surface area contributed by atoms with Gasteiger partial charge in [0.05, 0.1) is 18.2 Å². The van der Waals surface area contributed by atoms with Gasteiger partial charge in [-0.05, 0) is 29.8 Å². The van der Waals surface area contributed by atoms with Crippen molar-refractivity contribution in [1.82, 2.24) is 4.90 Å². The van der Waals surface area contributed by atoms with Crippen LogP contribution in [0.15, 0.2) is 46.9 Å². The molecule has 0 aromatic heterocycles. The van der Waals surface area contributed by atoms with E-state index >= 15 is 0 Å². The van der Waals surface area contributed by atoms with E-state index in [-0.39, 0.29) is 12.4 Å². The number of nitrogens with zero attached hydrogens (tertiary/aromatic N) is 2. The van der Waals surface area contributed by atoms with E-state index in [9.17, 15) is 0 Å². The number of hydrogen-bond donors (Lipinski definition) is 0. The number of hydrogen-bond acceptors (Lipinski definition) is 3. The average Bonchev–Trinajstić information content (AvgIpc) is 2.99. The molecule has 2 aliphatic rings. The Bertz CT molecular complexity index is 789. The van der Waals surface area contributed by atoms with Crippen LogP contribution in [0.3, 0.4) is 0 Å². The van der Waals surface area contributed by atoms with Gasteiger partial charge in [0, 0.05) is 41.5 Å². The third-order valence-corrected chi connectivity index (χ3v) is 5.63. The number of nitriles is 1. The van der Waals surface area contributed by atoms with E-state index in [2.05, 4.69) is 45.1 Å². The zero-order valence-corrected chi connectivity index (χ0v) is 15.5. The second-order valence-electron chi connectivity index (χ2n) is 6.33. The predicted octanol–water partition coefficient (Wildman–Crippen LogP) is 4.35. The molecule has 0 bridgehead atoms. The summed E-state index contributed by atoms with van der Waals surface area (Å²) in [6.07, 6.45) is 0. The van der Waals surface area contributed by atoms with Crippen molar-refractivity contribution < 1.29 is 4.74 Å². The van der Waals surface area contributed by atoms with Crippen LogP contribution in [-0.2, 0) is 6.54 Å². The molecule has 0 unspecified atom stereocenters. The molecule has 1 saturated heterocycles. The first kappa shape index (κ1) is 17.3. The van der Waals surface area contributed by atoms with E-state index in [4.69, 9.17) is 10.00 Å². The SMILES string of the molecule is Cl.N#Cc1ccc2c(c1)[C@@H]1CN(Cc3ccccc3Br)C[C@H]1CO2. The first-order valence-corrected chi connectivity index (χ1v) is 8.66. The number of rotatable bonds is 2. The van der Waals surface area contributed by atoms with E-state index in [1.54, 1.807) is 0 Å². The molecule has 4 rings (SSSR count). The summed E-state index contributed by atoms with van der Waals surface area (Å²) >= 11 is 3.64. The smallest absolute Gasteiger partial charge is 0.122 e. The highest BCUT2D eigenvalue weighted by atomic mass is 79.9. The molecule has 2 aliphatic heterocycles. The maximum absolute atomic E-state index is 9.15. The average molecular weight is 406 g/mol. The van der Waals surface area contributed by atoms with Crippen LogP contribution in [-0.4, -0.2) is 24.6 Å². The number of benzene rings is 2. The van der Waals surface area contributed by atoms with Gasteiger partial charge in [-0.15, -0.1) is 12.4 Å². The highest BCUT2D eigenvalue weighted by Gasteiger charge is 2.38. The van der Waals surface area contributed by atoms with E-state index < -0.39 is 0 Å². The maximum Gasteiger partial charge on any atom is 0.122 e. The number of likely N-dealkylation sites (tertiary alicyclic amines) is 1. The van der Waals surface area contributed by atoms with Gasteiger partial charge in [-0.1, -0.05) is 34.1 Å². The molecule has 0 spiro atoms. The summed E-state index contributed by atoms with van der Waals surface area (Å²) in [5, 5.41) is 9.15. The first-order chi connectivity index (χ1) is 11.2. The van der Waals surface area contributed by atoms with Gasteiger partial charge in [-0.25, -0.2) is 0 Å². The molecule has 0 amide bonds. The van der Waals surface area contributed by atoms with Gasteiger partial charge in [-0.3, -0.25) is 4.90 Å². The Morgan fingerprint density at radius 2 is 2.04 bits per heavy atom. The summed E-state index contributed by atoms with van der Waals surface area (Å²) in [4.78, 5) is 2.49. The van der Waals surface area contributed by atoms with Crippen molar-refractivity contribution in [1.29, 1.82) is 5.26 Å². The molecular formula is C19H18BrClN2O. The monoisotopic (exact) mass is 404 g/mol. The number of halogens is 2. The fourth-order valence-corrected chi connectivity index (χ4v) is 4.12. The molecule has 3 nitrogen and oxygen atoms in total. The van der Waals surface area contributed by atoms with Gasteiger partial charge in [0.2, 0.25) is 0 Å². The molecule has 0 saturated carbocycles. The molecule has 124 valence electrons. The zero-order chi connectivity index (χ0) is 15.8. The topological polar surface area (TPSA) is 36.3 Å². The third-order valence-electron chi connectivity index (χ3n) is 4.86. The molecule has 2 aromatic rings. The standard InChI is InChI=1S/C19H17BrN2O.ClH/c20-18-4-2-1-3-14(18)9-22-10-15-12-23-19-6-5-13(8-21)7-16(19)17(15)11-22;/h1-7,15,17H,9-12H2;1H/t15-,17+;/m0./s1. The van der Waals surface area contributed by atoms with Crippen molar-refractivity contribution in [3.8, 4) is 11.8 Å². The lowest BCUT2D eigenvalue weighted by Gasteiger charge is -2.27. The van der Waals surface area contributed by atoms with E-state index in [1.807, 2.05) is 24.3 Å². The molecule has 5 heteroatoms. The van der Waals surface area contributed by atoms with Crippen molar-refractivity contribution in [2.45, 2.75) is 12.5 Å². The minimum Gasteiger partial charge on any atom is -0.493 e. The minimum absolute atomic E-state index is 0. The van der Waals surface area contributed by atoms with Gasteiger partial charge < -0.3 is 4.74 Å². The third kappa shape index (κ3) is 3.17. The fourth-order valence-electron chi connectivity index (χ4n) is 3.71. The predicted molar refractivity (Wildman–Crippen MR) is 99.6 cm³/mol. The Kier molecular flexibility index (Phi) is 5.15. The van der Waals surface area contributed by atoms with Crippen LogP contribution in [0.1, 0.15) is 22.6 Å². The van der Waals surface area contributed by atoms with E-state index in [0.717, 1.165) is 37.6 Å². The normalized spacial score (nSPS) is 21.8. The Balaban J connectivity index is 0.00000169. The summed E-state index contributed by atoms with van der Waals surface area (Å²) in [6.45, 7) is 3.79. The summed E-state index contributed by atoms with van der Waals surface area (Å²) < 4.78 is 7.08. The second-order valence-corrected chi connectivity index (χ2v) is 7.18. The Hall–Kier alpha value is -1.54. The molecule has 2 aromatic carbocycles. The molecule has 24 heavy (non-hydrogen) atoms. The molecule has 2 atom stereocenters. The van der Waals surface area contributed by atoms with E-state index in [1.165, 1.54) is 15.6 Å². The lowest BCUT2D eigenvalue weighted by molar-refractivity contribution is 0.212. The summed E-state index contributed by atoms with van der Waals surface area (Å²) in [6, 6.07) is 16.4. The maximum atomic E-state index is 9.15. The van der Waals surface area contributed by atoms with Crippen molar-refractivity contribution in [3.05, 3.63) is 63.6 Å². The van der Waals surface area contributed by atoms with Crippen molar-refractivity contribution in [2.24, 2.45) is 5.92 Å². The molecule has 0 aliphatic carbocycles. The Morgan fingerprint density at radius 3 is 2.83 bits per heavy atom. The van der Waals surface area contributed by atoms with Gasteiger partial charge in [0.15, 0.2) is 0 Å². The van der Waals surface area contributed by atoms with Crippen LogP contribution >= 0.6 is 28.3 Å². The van der Waals surface area contributed by atoms with Gasteiger partial charge in [-0.2, -0.15) is 5.26 Å². The Labute approximate surface area is 156 Å². The minimum atomic E-state index is 0. The molecule has 0 N–H and O–H groups in total. The number of fused-ring (bicyclic) bond motifs is 3. The summed E-state index contributed by atoms with van der Waals surface area (Å²) in [5.74, 6) is 1.93. The lowest BCUT2D eigenvalue weighted by atomic mass is 9.86. The van der Waals surface area contributed by atoms with Crippen LogP contribution in [0.4, 0.5) is 0 Å². The highest BCUT2D eigenvalue weighted by molar-refractivity contribution is 9.10. The van der Waals surface area contributed by atoms with Gasteiger partial charge in [0.25, 0.3) is 0 Å². The van der Waals surface area contributed by atoms with Gasteiger partial charge >= 0.3 is 0 Å². The lowest BCUT2D eigenvalue weighted by Crippen LogP contribution is -2.25. The molecule has 0 radical (unpaired) electrons. The van der Waals surface area contributed by atoms with Gasteiger partial charge in [0.1, 0.15) is 5.75 Å². The van der Waals surface area contributed by atoms with Crippen molar-refractivity contribution >= 4 is 28.3 Å². The molecular weight excluding hydrogens is 388 g/mol. The quantitative estimate of drug-likeness (QED) is 0.745. The first-order valence-electron chi connectivity index (χ1n) is 7.87. The Morgan fingerprint density at radius 1 is 1.21 bits per heavy atom. The second kappa shape index (κ2) is 7.14. The summed E-state index contributed by atoms with van der Waals surface area (Å²) in [5.41, 5.74) is 3.24. The van der Waals surface area contributed by atoms with E-state index in [0.29, 0.717) is 11.8 Å². The van der Waals surface area contributed by atoms with Crippen molar-refractivity contribution in [2.75, 3.05) is 19.7 Å². The van der Waals surface area contributed by atoms with Crippen LogP contribution in [0.5, 0.6) is 5.75 Å². The largest absolute Gasteiger partial charge is 0.493 e. The summed E-state index contributed by atoms with van der Waals surface area (Å²) in [7, 11) is 0. The number of ether oxygens (including phenoxy) is 1.